The first-order chi connectivity index (χ1) is 21.3. The fourth-order valence-corrected chi connectivity index (χ4v) is 7.52. The standard InChI is InChI=1S/C36H21N5S2/c1-2-7-24-19-28(15-13-22(24)6-1)41-29-9-3-4-10-31(29)42-32-16-14-26(20-30(32)41)36-39-35(40-43-36)27-18-25-12-11-23-8-5-17-37-33(23)34(25)38-21-27/h1-21H. The van der Waals surface area contributed by atoms with Gasteiger partial charge in [-0.05, 0) is 70.8 Å². The minimum Gasteiger partial charge on any atom is -0.308 e. The zero-order valence-electron chi connectivity index (χ0n) is 22.7. The molecule has 0 radical (unpaired) electrons. The van der Waals surface area contributed by atoms with Crippen molar-refractivity contribution in [3.8, 4) is 22.0 Å². The second-order valence-corrected chi connectivity index (χ2v) is 12.3. The van der Waals surface area contributed by atoms with E-state index in [1.54, 1.807) is 11.8 Å². The van der Waals surface area contributed by atoms with Crippen LogP contribution in [0.4, 0.5) is 17.1 Å². The van der Waals surface area contributed by atoms with Crippen LogP contribution in [-0.4, -0.2) is 19.3 Å². The first-order valence-corrected chi connectivity index (χ1v) is 15.6. The van der Waals surface area contributed by atoms with Gasteiger partial charge >= 0.3 is 0 Å². The van der Waals surface area contributed by atoms with Crippen LogP contribution in [0.25, 0.3) is 54.5 Å². The van der Waals surface area contributed by atoms with Crippen molar-refractivity contribution in [2.24, 2.45) is 0 Å². The Labute approximate surface area is 255 Å². The van der Waals surface area contributed by atoms with E-state index >= 15 is 0 Å². The molecule has 5 aromatic carbocycles. The molecule has 5 nitrogen and oxygen atoms in total. The molecule has 8 aromatic rings. The molecule has 202 valence electrons. The van der Waals surface area contributed by atoms with Crippen LogP contribution in [-0.2, 0) is 0 Å². The van der Waals surface area contributed by atoms with E-state index in [4.69, 9.17) is 14.3 Å². The zero-order chi connectivity index (χ0) is 28.3. The Kier molecular flexibility index (Phi) is 5.54. The van der Waals surface area contributed by atoms with Crippen molar-refractivity contribution < 1.29 is 0 Å². The van der Waals surface area contributed by atoms with E-state index in [1.165, 1.54) is 37.8 Å². The lowest BCUT2D eigenvalue weighted by Crippen LogP contribution is -2.14. The minimum atomic E-state index is 0.680. The van der Waals surface area contributed by atoms with Gasteiger partial charge in [0, 0.05) is 49.8 Å². The summed E-state index contributed by atoms with van der Waals surface area (Å²) >= 11 is 3.22. The molecule has 0 aliphatic carbocycles. The first kappa shape index (κ1) is 24.5. The van der Waals surface area contributed by atoms with Crippen LogP contribution in [0.15, 0.2) is 137 Å². The summed E-state index contributed by atoms with van der Waals surface area (Å²) in [6.07, 6.45) is 3.66. The van der Waals surface area contributed by atoms with Crippen LogP contribution in [0.2, 0.25) is 0 Å². The summed E-state index contributed by atoms with van der Waals surface area (Å²) in [6.45, 7) is 0. The van der Waals surface area contributed by atoms with E-state index in [0.29, 0.717) is 5.82 Å². The number of aromatic nitrogens is 4. The van der Waals surface area contributed by atoms with Gasteiger partial charge in [-0.3, -0.25) is 9.97 Å². The van der Waals surface area contributed by atoms with Gasteiger partial charge < -0.3 is 4.90 Å². The molecule has 0 spiro atoms. The third-order valence-corrected chi connectivity index (χ3v) is 9.77. The van der Waals surface area contributed by atoms with Crippen molar-refractivity contribution in [1.29, 1.82) is 0 Å². The maximum Gasteiger partial charge on any atom is 0.175 e. The number of rotatable bonds is 3. The van der Waals surface area contributed by atoms with Gasteiger partial charge in [0.15, 0.2) is 5.82 Å². The van der Waals surface area contributed by atoms with Crippen LogP contribution >= 0.6 is 23.3 Å². The largest absolute Gasteiger partial charge is 0.308 e. The average molecular weight is 588 g/mol. The SMILES string of the molecule is c1ccc2c(c1)Sc1ccc(-c3nc(-c4cnc5c(ccc6cccnc65)c4)ns3)cc1N2c1ccc2ccccc2c1. The summed E-state index contributed by atoms with van der Waals surface area (Å²) in [4.78, 5) is 19.1. The number of pyridine rings is 2. The molecule has 0 bridgehead atoms. The molecule has 43 heavy (non-hydrogen) atoms. The molecule has 4 heterocycles. The molecule has 0 unspecified atom stereocenters. The molecule has 3 aromatic heterocycles. The van der Waals surface area contributed by atoms with Gasteiger partial charge in [0.1, 0.15) is 5.01 Å². The topological polar surface area (TPSA) is 54.8 Å². The Morgan fingerprint density at radius 2 is 1.35 bits per heavy atom. The molecule has 0 saturated carbocycles. The normalized spacial score (nSPS) is 12.5. The van der Waals surface area contributed by atoms with Gasteiger partial charge in [0.25, 0.3) is 0 Å². The van der Waals surface area contributed by atoms with Gasteiger partial charge in [-0.15, -0.1) is 0 Å². The van der Waals surface area contributed by atoms with E-state index in [1.807, 2.05) is 18.5 Å². The average Bonchev–Trinajstić information content (AvgIpc) is 3.57. The fourth-order valence-electron chi connectivity index (χ4n) is 5.80. The molecule has 0 fully saturated rings. The monoisotopic (exact) mass is 587 g/mol. The molecule has 0 saturated heterocycles. The summed E-state index contributed by atoms with van der Waals surface area (Å²) in [5.74, 6) is 0.680. The third kappa shape index (κ3) is 4.08. The van der Waals surface area contributed by atoms with Gasteiger partial charge in [0.2, 0.25) is 0 Å². The smallest absolute Gasteiger partial charge is 0.175 e. The van der Waals surface area contributed by atoms with E-state index in [0.717, 1.165) is 49.3 Å². The van der Waals surface area contributed by atoms with Gasteiger partial charge in [0.05, 0.1) is 22.4 Å². The number of anilines is 3. The van der Waals surface area contributed by atoms with Crippen molar-refractivity contribution >= 4 is 72.9 Å². The lowest BCUT2D eigenvalue weighted by Gasteiger charge is -2.33. The summed E-state index contributed by atoms with van der Waals surface area (Å²) < 4.78 is 4.75. The third-order valence-electron chi connectivity index (χ3n) is 7.87. The second kappa shape index (κ2) is 9.73. The van der Waals surface area contributed by atoms with Crippen LogP contribution in [0.5, 0.6) is 0 Å². The first-order valence-electron chi connectivity index (χ1n) is 14.0. The Bertz CT molecular complexity index is 2360. The highest BCUT2D eigenvalue weighted by Gasteiger charge is 2.26. The van der Waals surface area contributed by atoms with E-state index < -0.39 is 0 Å². The lowest BCUT2D eigenvalue weighted by atomic mass is 10.1. The minimum absolute atomic E-state index is 0.680. The molecule has 1 aliphatic heterocycles. The zero-order valence-corrected chi connectivity index (χ0v) is 24.3. The van der Waals surface area contributed by atoms with E-state index in [9.17, 15) is 0 Å². The van der Waals surface area contributed by atoms with Crippen molar-refractivity contribution in [3.63, 3.8) is 0 Å². The maximum absolute atomic E-state index is 4.98. The molecule has 9 rings (SSSR count). The van der Waals surface area contributed by atoms with Crippen LogP contribution in [0, 0.1) is 0 Å². The molecule has 0 atom stereocenters. The molecule has 0 amide bonds. The Balaban J connectivity index is 1.13. The Hall–Kier alpha value is -5.11. The second-order valence-electron chi connectivity index (χ2n) is 10.5. The highest BCUT2D eigenvalue weighted by Crippen LogP contribution is 2.52. The summed E-state index contributed by atoms with van der Waals surface area (Å²) in [5.41, 5.74) is 7.17. The van der Waals surface area contributed by atoms with Crippen molar-refractivity contribution in [2.45, 2.75) is 9.79 Å². The van der Waals surface area contributed by atoms with Crippen molar-refractivity contribution in [3.05, 3.63) is 128 Å². The number of nitrogens with zero attached hydrogens (tertiary/aromatic N) is 5. The van der Waals surface area contributed by atoms with Gasteiger partial charge in [-0.2, -0.15) is 4.37 Å². The molecular weight excluding hydrogens is 567 g/mol. The molecule has 1 aliphatic rings. The van der Waals surface area contributed by atoms with Gasteiger partial charge in [-0.1, -0.05) is 78.5 Å². The Morgan fingerprint density at radius 1 is 0.558 bits per heavy atom. The lowest BCUT2D eigenvalue weighted by molar-refractivity contribution is 1.17. The maximum atomic E-state index is 4.98. The number of hydrogen-bond acceptors (Lipinski definition) is 7. The van der Waals surface area contributed by atoms with Crippen molar-refractivity contribution in [2.75, 3.05) is 4.90 Å². The van der Waals surface area contributed by atoms with Crippen LogP contribution in [0.3, 0.4) is 0 Å². The predicted molar refractivity (Wildman–Crippen MR) is 178 cm³/mol. The highest BCUT2D eigenvalue weighted by molar-refractivity contribution is 7.99. The number of hydrogen-bond donors (Lipinski definition) is 0. The van der Waals surface area contributed by atoms with Crippen molar-refractivity contribution in [1.82, 2.24) is 19.3 Å². The number of fused-ring (bicyclic) bond motifs is 6. The summed E-state index contributed by atoms with van der Waals surface area (Å²) in [5, 5.41) is 5.43. The molecule has 0 N–H and O–H groups in total. The van der Waals surface area contributed by atoms with Crippen LogP contribution in [0.1, 0.15) is 0 Å². The highest BCUT2D eigenvalue weighted by atomic mass is 32.2. The van der Waals surface area contributed by atoms with E-state index in [-0.39, 0.29) is 0 Å². The van der Waals surface area contributed by atoms with Crippen LogP contribution < -0.4 is 4.90 Å². The Morgan fingerprint density at radius 3 is 2.33 bits per heavy atom. The summed E-state index contributed by atoms with van der Waals surface area (Å²) in [6, 6.07) is 40.7. The number of para-hydroxylation sites is 1. The van der Waals surface area contributed by atoms with E-state index in [2.05, 4.69) is 119 Å². The van der Waals surface area contributed by atoms with Gasteiger partial charge in [-0.25, -0.2) is 4.98 Å². The molecular formula is C36H21N5S2. The molecule has 7 heteroatoms. The fraction of sp³-hybridized carbons (Fsp3) is 0. The number of benzene rings is 5. The quantitative estimate of drug-likeness (QED) is 0.192. The summed E-state index contributed by atoms with van der Waals surface area (Å²) in [7, 11) is 0. The predicted octanol–water partition coefficient (Wildman–Crippen LogP) is 10.1.